The van der Waals surface area contributed by atoms with Crippen LogP contribution in [0.3, 0.4) is 0 Å². The number of carbonyl (C=O) groups is 1. The topological polar surface area (TPSA) is 77.2 Å². The number of aliphatic carboxylic acids is 1. The lowest BCUT2D eigenvalue weighted by Crippen LogP contribution is -2.12. The molecule has 0 aliphatic rings. The fraction of sp³-hybridized carbons (Fsp3) is 0.727. The molecule has 0 atom stereocenters. The Balaban J connectivity index is 2.28. The van der Waals surface area contributed by atoms with E-state index in [1.807, 2.05) is 6.20 Å². The Morgan fingerprint density at radius 2 is 2.18 bits per heavy atom. The Morgan fingerprint density at radius 1 is 1.47 bits per heavy atom. The van der Waals surface area contributed by atoms with Gasteiger partial charge in [0.1, 0.15) is 0 Å². The van der Waals surface area contributed by atoms with Gasteiger partial charge in [0.25, 0.3) is 0 Å². The summed E-state index contributed by atoms with van der Waals surface area (Å²) in [6, 6.07) is 0. The molecule has 0 aliphatic carbocycles. The number of carboxylic acid groups (broad SMARTS) is 1. The first kappa shape index (κ1) is 13.6. The Morgan fingerprint density at radius 3 is 2.71 bits per heavy atom. The molecule has 96 valence electrons. The highest BCUT2D eigenvalue weighted by Gasteiger charge is 2.17. The van der Waals surface area contributed by atoms with Gasteiger partial charge < -0.3 is 9.84 Å². The predicted octanol–water partition coefficient (Wildman–Crippen LogP) is 1.07. The average molecular weight is 241 g/mol. The van der Waals surface area contributed by atoms with E-state index >= 15 is 0 Å². The van der Waals surface area contributed by atoms with Gasteiger partial charge in [-0.2, -0.15) is 0 Å². The summed E-state index contributed by atoms with van der Waals surface area (Å²) in [7, 11) is 0. The molecular weight excluding hydrogens is 222 g/mol. The van der Waals surface area contributed by atoms with Gasteiger partial charge >= 0.3 is 5.97 Å². The van der Waals surface area contributed by atoms with E-state index in [0.717, 1.165) is 5.69 Å². The Bertz CT molecular complexity index is 368. The highest BCUT2D eigenvalue weighted by molar-refractivity contribution is 5.66. The molecule has 1 heterocycles. The molecule has 6 nitrogen and oxygen atoms in total. The molecule has 0 unspecified atom stereocenters. The van der Waals surface area contributed by atoms with Gasteiger partial charge in [-0.05, 0) is 0 Å². The van der Waals surface area contributed by atoms with Gasteiger partial charge in [0, 0.05) is 11.6 Å². The highest BCUT2D eigenvalue weighted by Crippen LogP contribution is 2.18. The Kier molecular flexibility index (Phi) is 4.62. The molecule has 1 N–H and O–H groups in total. The van der Waals surface area contributed by atoms with E-state index in [4.69, 9.17) is 9.84 Å². The first-order valence-electron chi connectivity index (χ1n) is 5.60. The molecular formula is C11H19N3O3. The van der Waals surface area contributed by atoms with Crippen molar-refractivity contribution < 1.29 is 14.6 Å². The van der Waals surface area contributed by atoms with E-state index in [9.17, 15) is 4.79 Å². The van der Waals surface area contributed by atoms with Crippen LogP contribution in [0.5, 0.6) is 0 Å². The summed E-state index contributed by atoms with van der Waals surface area (Å²) in [6.45, 7) is 7.49. The lowest BCUT2D eigenvalue weighted by Gasteiger charge is -2.12. The van der Waals surface area contributed by atoms with Gasteiger partial charge in [0.15, 0.2) is 0 Å². The molecule has 6 heteroatoms. The lowest BCUT2D eigenvalue weighted by molar-refractivity contribution is -0.138. The molecule has 0 saturated carbocycles. The Labute approximate surface area is 101 Å². The van der Waals surface area contributed by atoms with Gasteiger partial charge in [-0.3, -0.25) is 4.79 Å². The van der Waals surface area contributed by atoms with E-state index in [1.54, 1.807) is 4.68 Å². The molecule has 0 saturated heterocycles. The summed E-state index contributed by atoms with van der Waals surface area (Å²) in [4.78, 5) is 10.2. The van der Waals surface area contributed by atoms with E-state index in [1.165, 1.54) is 0 Å². The SMILES string of the molecule is CC(C)(C)c1cn(CCOCCC(=O)O)nn1. The van der Waals surface area contributed by atoms with Crippen LogP contribution in [-0.4, -0.2) is 39.3 Å². The summed E-state index contributed by atoms with van der Waals surface area (Å²) in [6.07, 6.45) is 1.92. The van der Waals surface area contributed by atoms with Gasteiger partial charge in [-0.25, -0.2) is 4.68 Å². The number of hydrogen-bond acceptors (Lipinski definition) is 4. The van der Waals surface area contributed by atoms with Crippen LogP contribution in [0.25, 0.3) is 0 Å². The first-order valence-corrected chi connectivity index (χ1v) is 5.60. The minimum atomic E-state index is -0.847. The maximum atomic E-state index is 10.2. The van der Waals surface area contributed by atoms with Crippen molar-refractivity contribution in [2.24, 2.45) is 0 Å². The van der Waals surface area contributed by atoms with Crippen LogP contribution < -0.4 is 0 Å². The fourth-order valence-electron chi connectivity index (χ4n) is 1.17. The van der Waals surface area contributed by atoms with Crippen molar-refractivity contribution in [1.82, 2.24) is 15.0 Å². The van der Waals surface area contributed by atoms with Crippen LogP contribution in [0.4, 0.5) is 0 Å². The molecule has 1 rings (SSSR count). The average Bonchev–Trinajstić information content (AvgIpc) is 2.64. The van der Waals surface area contributed by atoms with Crippen molar-refractivity contribution in [3.8, 4) is 0 Å². The molecule has 0 aromatic carbocycles. The van der Waals surface area contributed by atoms with Crippen LogP contribution in [0.1, 0.15) is 32.9 Å². The van der Waals surface area contributed by atoms with Crippen LogP contribution >= 0.6 is 0 Å². The van der Waals surface area contributed by atoms with E-state index in [0.29, 0.717) is 13.2 Å². The number of nitrogens with zero attached hydrogens (tertiary/aromatic N) is 3. The first-order chi connectivity index (χ1) is 7.89. The van der Waals surface area contributed by atoms with Gasteiger partial charge in [0.05, 0.1) is 31.9 Å². The van der Waals surface area contributed by atoms with Crippen LogP contribution in [0.2, 0.25) is 0 Å². The molecule has 1 aromatic heterocycles. The predicted molar refractivity (Wildman–Crippen MR) is 61.8 cm³/mol. The quantitative estimate of drug-likeness (QED) is 0.754. The third-order valence-electron chi connectivity index (χ3n) is 2.23. The van der Waals surface area contributed by atoms with Crippen LogP contribution in [-0.2, 0) is 21.5 Å². The zero-order chi connectivity index (χ0) is 12.9. The number of hydrogen-bond donors (Lipinski definition) is 1. The largest absolute Gasteiger partial charge is 0.481 e. The fourth-order valence-corrected chi connectivity index (χ4v) is 1.17. The van der Waals surface area contributed by atoms with E-state index < -0.39 is 5.97 Å². The Hall–Kier alpha value is -1.43. The number of ether oxygens (including phenoxy) is 1. The number of carboxylic acids is 1. The monoisotopic (exact) mass is 241 g/mol. The number of rotatable bonds is 6. The molecule has 1 aromatic rings. The smallest absolute Gasteiger partial charge is 0.305 e. The van der Waals surface area contributed by atoms with Crippen molar-refractivity contribution in [3.05, 3.63) is 11.9 Å². The van der Waals surface area contributed by atoms with Crippen molar-refractivity contribution in [2.45, 2.75) is 39.2 Å². The normalized spacial score (nSPS) is 11.7. The second-order valence-electron chi connectivity index (χ2n) is 4.87. The van der Waals surface area contributed by atoms with Gasteiger partial charge in [0.2, 0.25) is 0 Å². The minimum absolute atomic E-state index is 0.0115. The summed E-state index contributed by atoms with van der Waals surface area (Å²) < 4.78 is 6.88. The standard InChI is InChI=1S/C11H19N3O3/c1-11(2,3)9-8-14(13-12-9)5-7-17-6-4-10(15)16/h8H,4-7H2,1-3H3,(H,15,16). The number of aromatic nitrogens is 3. The van der Waals surface area contributed by atoms with Crippen LogP contribution in [0.15, 0.2) is 6.20 Å². The molecule has 0 amide bonds. The third-order valence-corrected chi connectivity index (χ3v) is 2.23. The van der Waals surface area contributed by atoms with Crippen molar-refractivity contribution in [3.63, 3.8) is 0 Å². The zero-order valence-corrected chi connectivity index (χ0v) is 10.5. The summed E-state index contributed by atoms with van der Waals surface area (Å²) in [5, 5.41) is 16.5. The molecule has 0 aliphatic heterocycles. The maximum absolute atomic E-state index is 10.2. The summed E-state index contributed by atoms with van der Waals surface area (Å²) in [5.74, 6) is -0.847. The second kappa shape index (κ2) is 5.77. The van der Waals surface area contributed by atoms with Gasteiger partial charge in [-0.1, -0.05) is 26.0 Å². The van der Waals surface area contributed by atoms with Gasteiger partial charge in [-0.15, -0.1) is 5.10 Å². The van der Waals surface area contributed by atoms with E-state index in [-0.39, 0.29) is 18.4 Å². The molecule has 0 radical (unpaired) electrons. The highest BCUT2D eigenvalue weighted by atomic mass is 16.5. The minimum Gasteiger partial charge on any atom is -0.481 e. The second-order valence-corrected chi connectivity index (χ2v) is 4.87. The zero-order valence-electron chi connectivity index (χ0n) is 10.5. The summed E-state index contributed by atoms with van der Waals surface area (Å²) >= 11 is 0. The third kappa shape index (κ3) is 4.95. The van der Waals surface area contributed by atoms with Crippen molar-refractivity contribution in [2.75, 3.05) is 13.2 Å². The lowest BCUT2D eigenvalue weighted by atomic mass is 9.93. The maximum Gasteiger partial charge on any atom is 0.305 e. The van der Waals surface area contributed by atoms with E-state index in [2.05, 4.69) is 31.1 Å². The molecule has 0 fully saturated rings. The molecule has 0 bridgehead atoms. The summed E-state index contributed by atoms with van der Waals surface area (Å²) in [5.41, 5.74) is 0.922. The van der Waals surface area contributed by atoms with Crippen LogP contribution in [0, 0.1) is 0 Å². The molecule has 0 spiro atoms. The van der Waals surface area contributed by atoms with Crippen molar-refractivity contribution >= 4 is 5.97 Å². The molecule has 17 heavy (non-hydrogen) atoms. The van der Waals surface area contributed by atoms with Crippen molar-refractivity contribution in [1.29, 1.82) is 0 Å².